The molecular formula is C46H64O6. The molecule has 0 spiro atoms. The molecule has 16 fully saturated rings. The number of rotatable bonds is 6. The molecule has 6 heteroatoms. The lowest BCUT2D eigenvalue weighted by Gasteiger charge is -2.89. The van der Waals surface area contributed by atoms with Crippen molar-refractivity contribution in [3.63, 3.8) is 0 Å². The summed E-state index contributed by atoms with van der Waals surface area (Å²) in [6, 6.07) is 0. The highest BCUT2D eigenvalue weighted by Crippen LogP contribution is 2.95. The lowest BCUT2D eigenvalue weighted by atomic mass is 9.12. The molecule has 16 aliphatic carbocycles. The van der Waals surface area contributed by atoms with Crippen LogP contribution in [0.25, 0.3) is 0 Å². The maximum atomic E-state index is 15.8. The van der Waals surface area contributed by atoms with Gasteiger partial charge in [-0.1, -0.05) is 20.8 Å². The fourth-order valence-electron chi connectivity index (χ4n) is 23.2. The van der Waals surface area contributed by atoms with Crippen LogP contribution in [0.4, 0.5) is 0 Å². The van der Waals surface area contributed by atoms with Gasteiger partial charge in [-0.15, -0.1) is 0 Å². The monoisotopic (exact) mass is 712 g/mol. The SMILES string of the molecule is CC1(C2C3(C(=O)O)CC4CC(C(=O)O)(C3)C(C3(C)C5CC6CC(C5)CC3C6)(C3(C)C5CC6CC(C5)CC3C6)C2(C(=O)O)C4)C2CC3CC(C2)CC1C3. The Kier molecular flexibility index (Phi) is 5.96. The van der Waals surface area contributed by atoms with E-state index in [-0.39, 0.29) is 12.3 Å². The Morgan fingerprint density at radius 1 is 0.442 bits per heavy atom. The van der Waals surface area contributed by atoms with Gasteiger partial charge >= 0.3 is 17.9 Å². The van der Waals surface area contributed by atoms with Crippen LogP contribution < -0.4 is 0 Å². The van der Waals surface area contributed by atoms with Gasteiger partial charge in [0.1, 0.15) is 0 Å². The van der Waals surface area contributed by atoms with E-state index in [9.17, 15) is 20.1 Å². The molecule has 284 valence electrons. The molecule has 3 N–H and O–H groups in total. The van der Waals surface area contributed by atoms with Crippen LogP contribution >= 0.6 is 0 Å². The van der Waals surface area contributed by atoms with Crippen molar-refractivity contribution in [1.29, 1.82) is 0 Å². The van der Waals surface area contributed by atoms with Crippen molar-refractivity contribution in [3.8, 4) is 0 Å². The number of hydrogen-bond donors (Lipinski definition) is 3. The molecule has 0 aromatic heterocycles. The van der Waals surface area contributed by atoms with E-state index in [2.05, 4.69) is 20.8 Å². The Balaban J connectivity index is 1.23. The quantitative estimate of drug-likeness (QED) is 0.253. The minimum absolute atomic E-state index is 0.164. The molecule has 0 aromatic rings. The average Bonchev–Trinajstić information content (AvgIpc) is 3.07. The molecule has 0 aliphatic heterocycles. The summed E-state index contributed by atoms with van der Waals surface area (Å²) in [7, 11) is 0. The van der Waals surface area contributed by atoms with Gasteiger partial charge in [0.15, 0.2) is 0 Å². The molecule has 6 nitrogen and oxygen atoms in total. The Labute approximate surface area is 310 Å². The number of carboxylic acid groups (broad SMARTS) is 3. The molecule has 52 heavy (non-hydrogen) atoms. The Morgan fingerprint density at radius 3 is 1.17 bits per heavy atom. The molecule has 16 bridgehead atoms. The zero-order valence-corrected chi connectivity index (χ0v) is 32.1. The zero-order chi connectivity index (χ0) is 35.7. The van der Waals surface area contributed by atoms with Crippen molar-refractivity contribution in [2.45, 2.75) is 143 Å². The predicted octanol–water partition coefficient (Wildman–Crippen LogP) is 9.41. The molecule has 0 saturated heterocycles. The van der Waals surface area contributed by atoms with E-state index in [1.165, 1.54) is 19.3 Å². The van der Waals surface area contributed by atoms with Crippen LogP contribution in [0.2, 0.25) is 0 Å². The topological polar surface area (TPSA) is 112 Å². The van der Waals surface area contributed by atoms with Crippen LogP contribution in [0.3, 0.4) is 0 Å². The van der Waals surface area contributed by atoms with E-state index >= 15 is 9.59 Å². The number of carbonyl (C=O) groups is 3. The largest absolute Gasteiger partial charge is 0.481 e. The second-order valence-electron chi connectivity index (χ2n) is 23.8. The van der Waals surface area contributed by atoms with Gasteiger partial charge < -0.3 is 15.3 Å². The molecule has 0 amide bonds. The van der Waals surface area contributed by atoms with Crippen molar-refractivity contribution in [2.24, 2.45) is 121 Å². The molecular weight excluding hydrogens is 649 g/mol. The van der Waals surface area contributed by atoms with Gasteiger partial charge in [-0.25, -0.2) is 0 Å². The number of aliphatic carboxylic acids is 3. The predicted molar refractivity (Wildman–Crippen MR) is 194 cm³/mol. The summed E-state index contributed by atoms with van der Waals surface area (Å²) in [4.78, 5) is 45.5. The first-order chi connectivity index (χ1) is 24.7. The van der Waals surface area contributed by atoms with Crippen molar-refractivity contribution >= 4 is 17.9 Å². The van der Waals surface area contributed by atoms with E-state index in [1.54, 1.807) is 0 Å². The highest BCUT2D eigenvalue weighted by Gasteiger charge is 2.95. The second kappa shape index (κ2) is 9.50. The maximum Gasteiger partial charge on any atom is 0.310 e. The third-order valence-corrected chi connectivity index (χ3v) is 23.0. The Bertz CT molecular complexity index is 1540. The number of hydrogen-bond acceptors (Lipinski definition) is 3. The summed E-state index contributed by atoms with van der Waals surface area (Å²) in [6.07, 6.45) is 19.0. The summed E-state index contributed by atoms with van der Waals surface area (Å²) in [6.45, 7) is 7.48. The molecule has 16 aliphatic rings. The third-order valence-electron chi connectivity index (χ3n) is 23.0. The van der Waals surface area contributed by atoms with E-state index in [0.29, 0.717) is 90.3 Å². The highest BCUT2D eigenvalue weighted by molar-refractivity contribution is 5.89. The van der Waals surface area contributed by atoms with Gasteiger partial charge in [-0.3, -0.25) is 14.4 Å². The van der Waals surface area contributed by atoms with Crippen LogP contribution in [0.5, 0.6) is 0 Å². The van der Waals surface area contributed by atoms with Crippen LogP contribution in [0.1, 0.15) is 143 Å². The minimum Gasteiger partial charge on any atom is -0.481 e. The fourth-order valence-corrected chi connectivity index (χ4v) is 23.2. The molecule has 16 saturated carbocycles. The maximum absolute atomic E-state index is 15.8. The van der Waals surface area contributed by atoms with E-state index in [0.717, 1.165) is 77.0 Å². The van der Waals surface area contributed by atoms with Gasteiger partial charge in [0.25, 0.3) is 0 Å². The van der Waals surface area contributed by atoms with E-state index in [1.807, 2.05) is 0 Å². The lowest BCUT2D eigenvalue weighted by molar-refractivity contribution is -0.421. The summed E-state index contributed by atoms with van der Waals surface area (Å²) in [5.41, 5.74) is -6.34. The number of fused-ring (bicyclic) bond motifs is 3. The normalized spacial score (nSPS) is 65.1. The standard InChI is InChI=1S/C46H64O6/c1-40(30-7-23-4-24(9-30)10-31(40)8-23)36-43(37(47)48)19-29-20-44(22-43,38(49)50)46(45(36,21-29)39(51)52,41(2)32-11-25-5-26(13-32)14-33(41)12-25)42(3)34-15-27-6-28(17-34)18-35(42)16-27/h23-36H,4-22H2,1-3H3,(H,47,48)(H,49,50)(H,51,52). The van der Waals surface area contributed by atoms with Gasteiger partial charge in [0.2, 0.25) is 0 Å². The smallest absolute Gasteiger partial charge is 0.310 e. The van der Waals surface area contributed by atoms with Crippen LogP contribution in [-0.2, 0) is 14.4 Å². The van der Waals surface area contributed by atoms with E-state index in [4.69, 9.17) is 0 Å². The van der Waals surface area contributed by atoms with Gasteiger partial charge in [0, 0.05) is 5.41 Å². The first-order valence-corrected chi connectivity index (χ1v) is 22.4. The van der Waals surface area contributed by atoms with E-state index < -0.39 is 61.7 Å². The molecule has 5 atom stereocenters. The first kappa shape index (κ1) is 32.6. The zero-order valence-electron chi connectivity index (χ0n) is 32.1. The highest BCUT2D eigenvalue weighted by atomic mass is 16.4. The molecule has 0 radical (unpaired) electrons. The summed E-state index contributed by atoms with van der Waals surface area (Å²) in [5, 5.41) is 37.3. The first-order valence-electron chi connectivity index (χ1n) is 22.4. The Hall–Kier alpha value is -1.59. The van der Waals surface area contributed by atoms with Crippen LogP contribution in [-0.4, -0.2) is 33.2 Å². The lowest BCUT2D eigenvalue weighted by Crippen LogP contribution is -2.89. The summed E-state index contributed by atoms with van der Waals surface area (Å²) >= 11 is 0. The molecule has 0 heterocycles. The van der Waals surface area contributed by atoms with Gasteiger partial charge in [-0.2, -0.15) is 0 Å². The number of carboxylic acids is 3. The summed E-state index contributed by atoms with van der Waals surface area (Å²) < 4.78 is 0. The van der Waals surface area contributed by atoms with Crippen LogP contribution in [0.15, 0.2) is 0 Å². The fraction of sp³-hybridized carbons (Fsp3) is 0.935. The summed E-state index contributed by atoms with van der Waals surface area (Å²) in [5.74, 6) is 2.98. The van der Waals surface area contributed by atoms with Crippen molar-refractivity contribution in [3.05, 3.63) is 0 Å². The minimum atomic E-state index is -1.37. The second-order valence-corrected chi connectivity index (χ2v) is 23.8. The van der Waals surface area contributed by atoms with Crippen molar-refractivity contribution in [2.75, 3.05) is 0 Å². The Morgan fingerprint density at radius 2 is 0.827 bits per heavy atom. The van der Waals surface area contributed by atoms with Gasteiger partial charge in [0.05, 0.1) is 16.2 Å². The van der Waals surface area contributed by atoms with Gasteiger partial charge in [-0.05, 0) is 221 Å². The van der Waals surface area contributed by atoms with Crippen molar-refractivity contribution < 1.29 is 29.7 Å². The third kappa shape index (κ3) is 3.10. The molecule has 16 rings (SSSR count). The van der Waals surface area contributed by atoms with Crippen LogP contribution in [0, 0.1) is 121 Å². The molecule has 0 aromatic carbocycles. The average molecular weight is 713 g/mol. The van der Waals surface area contributed by atoms with Crippen molar-refractivity contribution in [1.82, 2.24) is 0 Å². The molecule has 5 unspecified atom stereocenters.